The molecule has 36 heavy (non-hydrogen) atoms. The Bertz CT molecular complexity index is 1130. The molecule has 0 saturated carbocycles. The number of halogens is 4. The summed E-state index contributed by atoms with van der Waals surface area (Å²) in [4.78, 5) is 45.8. The first-order valence-electron chi connectivity index (χ1n) is 11.5. The third-order valence-corrected chi connectivity index (χ3v) is 6.18. The molecular formula is C24H24F4N4O4. The van der Waals surface area contributed by atoms with Crippen LogP contribution < -0.4 is 14.5 Å². The molecule has 0 aliphatic carbocycles. The van der Waals surface area contributed by atoms with Crippen molar-refractivity contribution in [2.75, 3.05) is 49.1 Å². The Labute approximate surface area is 204 Å². The Morgan fingerprint density at radius 3 is 2.31 bits per heavy atom. The van der Waals surface area contributed by atoms with Crippen LogP contribution in [0.1, 0.15) is 40.0 Å². The van der Waals surface area contributed by atoms with Crippen LogP contribution in [0, 0.1) is 5.82 Å². The molecule has 0 bridgehead atoms. The number of benzene rings is 1. The lowest BCUT2D eigenvalue weighted by Gasteiger charge is -2.24. The summed E-state index contributed by atoms with van der Waals surface area (Å²) in [6.07, 6.45) is -0.620. The number of pyridine rings is 1. The second kappa shape index (κ2) is 10.5. The van der Waals surface area contributed by atoms with Gasteiger partial charge in [0.2, 0.25) is 0 Å². The molecule has 192 valence electrons. The van der Waals surface area contributed by atoms with Crippen molar-refractivity contribution in [2.24, 2.45) is 0 Å². The van der Waals surface area contributed by atoms with Crippen LogP contribution in [-0.2, 0) is 4.79 Å². The topological polar surface area (TPSA) is 83.1 Å². The molecule has 2 aliphatic rings. The number of carbonyl (C=O) groups excluding carboxylic acids is 3. The quantitative estimate of drug-likeness (QED) is 0.265. The predicted octanol–water partition coefficient (Wildman–Crippen LogP) is 3.45. The highest BCUT2D eigenvalue weighted by atomic mass is 19.4. The minimum absolute atomic E-state index is 0.0296. The third kappa shape index (κ3) is 5.58. The molecule has 0 spiro atoms. The lowest BCUT2D eigenvalue weighted by atomic mass is 10.1. The highest BCUT2D eigenvalue weighted by Crippen LogP contribution is 2.28. The Balaban J connectivity index is 1.44. The van der Waals surface area contributed by atoms with Gasteiger partial charge in [0.1, 0.15) is 5.82 Å². The van der Waals surface area contributed by atoms with Crippen LogP contribution in [0.5, 0.6) is 5.75 Å². The molecule has 2 aromatic rings. The van der Waals surface area contributed by atoms with Gasteiger partial charge in [0.05, 0.1) is 17.4 Å². The number of ether oxygens (including phenoxy) is 1. The molecular weight excluding hydrogens is 484 g/mol. The average Bonchev–Trinajstić information content (AvgIpc) is 3.29. The molecule has 2 saturated heterocycles. The van der Waals surface area contributed by atoms with Crippen molar-refractivity contribution in [3.05, 3.63) is 47.4 Å². The summed E-state index contributed by atoms with van der Waals surface area (Å²) in [7, 11) is 0. The van der Waals surface area contributed by atoms with Gasteiger partial charge in [-0.15, -0.1) is 0 Å². The Kier molecular flexibility index (Phi) is 7.41. The van der Waals surface area contributed by atoms with Gasteiger partial charge in [0.15, 0.2) is 17.9 Å². The van der Waals surface area contributed by atoms with E-state index in [0.717, 1.165) is 43.5 Å². The van der Waals surface area contributed by atoms with Crippen LogP contribution in [0.15, 0.2) is 30.5 Å². The number of anilines is 2. The van der Waals surface area contributed by atoms with E-state index in [1.54, 1.807) is 6.20 Å². The highest BCUT2D eigenvalue weighted by molar-refractivity contribution is 5.97. The Morgan fingerprint density at radius 1 is 0.944 bits per heavy atom. The van der Waals surface area contributed by atoms with Gasteiger partial charge in [-0.2, -0.15) is 13.2 Å². The third-order valence-electron chi connectivity index (χ3n) is 6.18. The van der Waals surface area contributed by atoms with Crippen molar-refractivity contribution in [1.82, 2.24) is 9.88 Å². The number of nitrogens with zero attached hydrogens (tertiary/aromatic N) is 4. The van der Waals surface area contributed by atoms with Crippen molar-refractivity contribution >= 4 is 29.7 Å². The molecule has 0 unspecified atom stereocenters. The van der Waals surface area contributed by atoms with Crippen molar-refractivity contribution < 1.29 is 36.7 Å². The van der Waals surface area contributed by atoms with E-state index in [4.69, 9.17) is 0 Å². The lowest BCUT2D eigenvalue weighted by molar-refractivity contribution is -0.189. The summed E-state index contributed by atoms with van der Waals surface area (Å²) >= 11 is 0. The van der Waals surface area contributed by atoms with Crippen molar-refractivity contribution in [1.29, 1.82) is 0 Å². The SMILES string of the molecule is O=Cc1cc(C(=O)N2CCCN(c3ccc(N4CCCC4)nc3)CC2)cc(F)c1OC(=O)C(F)(F)F. The maximum Gasteiger partial charge on any atom is 0.491 e. The Hall–Kier alpha value is -3.70. The highest BCUT2D eigenvalue weighted by Gasteiger charge is 2.42. The lowest BCUT2D eigenvalue weighted by Crippen LogP contribution is -2.35. The molecule has 0 atom stereocenters. The molecule has 4 rings (SSSR count). The fourth-order valence-electron chi connectivity index (χ4n) is 4.34. The first-order valence-corrected chi connectivity index (χ1v) is 11.5. The summed E-state index contributed by atoms with van der Waals surface area (Å²) in [5, 5.41) is 0. The van der Waals surface area contributed by atoms with Crippen LogP contribution in [0.4, 0.5) is 29.1 Å². The predicted molar refractivity (Wildman–Crippen MR) is 122 cm³/mol. The number of aldehydes is 1. The average molecular weight is 508 g/mol. The van der Waals surface area contributed by atoms with Gasteiger partial charge in [-0.05, 0) is 43.5 Å². The molecule has 12 heteroatoms. The van der Waals surface area contributed by atoms with Crippen molar-refractivity contribution in [3.63, 3.8) is 0 Å². The second-order valence-corrected chi connectivity index (χ2v) is 8.58. The van der Waals surface area contributed by atoms with E-state index >= 15 is 0 Å². The van der Waals surface area contributed by atoms with E-state index in [-0.39, 0.29) is 11.8 Å². The molecule has 0 N–H and O–H groups in total. The van der Waals surface area contributed by atoms with Gasteiger partial charge < -0.3 is 19.4 Å². The van der Waals surface area contributed by atoms with Crippen LogP contribution >= 0.6 is 0 Å². The number of alkyl halides is 3. The smallest absolute Gasteiger partial charge is 0.416 e. The molecule has 2 fully saturated rings. The van der Waals surface area contributed by atoms with Gasteiger partial charge in [0.25, 0.3) is 5.91 Å². The first-order chi connectivity index (χ1) is 17.2. The fourth-order valence-corrected chi connectivity index (χ4v) is 4.34. The second-order valence-electron chi connectivity index (χ2n) is 8.58. The minimum atomic E-state index is -5.37. The molecule has 3 heterocycles. The monoisotopic (exact) mass is 508 g/mol. The Morgan fingerprint density at radius 2 is 1.67 bits per heavy atom. The summed E-state index contributed by atoms with van der Waals surface area (Å²) < 4.78 is 56.0. The number of hydrogen-bond donors (Lipinski definition) is 0. The fraction of sp³-hybridized carbons (Fsp3) is 0.417. The van der Waals surface area contributed by atoms with Gasteiger partial charge >= 0.3 is 12.1 Å². The number of carbonyl (C=O) groups is 3. The number of hydrogen-bond acceptors (Lipinski definition) is 7. The zero-order chi connectivity index (χ0) is 25.9. The molecule has 1 amide bonds. The van der Waals surface area contributed by atoms with E-state index in [1.165, 1.54) is 4.90 Å². The summed E-state index contributed by atoms with van der Waals surface area (Å²) in [5.41, 5.74) is 0.0143. The normalized spacial score (nSPS) is 16.6. The number of aromatic nitrogens is 1. The van der Waals surface area contributed by atoms with Crippen LogP contribution in [0.2, 0.25) is 0 Å². The standard InChI is InChI=1S/C24H24F4N4O4/c25-19-13-16(12-17(15-33)21(19)36-23(35)24(26,27)28)22(34)32-9-3-8-30(10-11-32)18-4-5-20(29-14-18)31-6-1-2-7-31/h4-5,12-15H,1-3,6-11H2. The van der Waals surface area contributed by atoms with E-state index < -0.39 is 35.2 Å². The maximum atomic E-state index is 14.5. The van der Waals surface area contributed by atoms with Crippen LogP contribution in [-0.4, -0.2) is 73.5 Å². The van der Waals surface area contributed by atoms with Crippen LogP contribution in [0.3, 0.4) is 0 Å². The number of esters is 1. The minimum Gasteiger partial charge on any atom is -0.416 e. The summed E-state index contributed by atoms with van der Waals surface area (Å²) in [5.74, 6) is -4.91. The van der Waals surface area contributed by atoms with Crippen molar-refractivity contribution in [2.45, 2.75) is 25.4 Å². The van der Waals surface area contributed by atoms with Crippen LogP contribution in [0.25, 0.3) is 0 Å². The molecule has 8 nitrogen and oxygen atoms in total. The number of amides is 1. The summed E-state index contributed by atoms with van der Waals surface area (Å²) in [6.45, 7) is 3.79. The van der Waals surface area contributed by atoms with E-state index in [2.05, 4.69) is 19.5 Å². The van der Waals surface area contributed by atoms with Gasteiger partial charge in [0, 0.05) is 44.8 Å². The zero-order valence-corrected chi connectivity index (χ0v) is 19.3. The number of rotatable bonds is 5. The van der Waals surface area contributed by atoms with Crippen molar-refractivity contribution in [3.8, 4) is 5.75 Å². The van der Waals surface area contributed by atoms with Gasteiger partial charge in [-0.1, -0.05) is 0 Å². The zero-order valence-electron chi connectivity index (χ0n) is 19.3. The maximum absolute atomic E-state index is 14.5. The van der Waals surface area contributed by atoms with E-state index in [0.29, 0.717) is 38.7 Å². The van der Waals surface area contributed by atoms with E-state index in [9.17, 15) is 31.9 Å². The molecule has 1 aromatic heterocycles. The summed E-state index contributed by atoms with van der Waals surface area (Å²) in [6, 6.07) is 5.55. The molecule has 2 aliphatic heterocycles. The molecule has 0 radical (unpaired) electrons. The van der Waals surface area contributed by atoms with E-state index in [1.807, 2.05) is 12.1 Å². The van der Waals surface area contributed by atoms with Gasteiger partial charge in [-0.25, -0.2) is 14.2 Å². The first kappa shape index (κ1) is 25.4. The van der Waals surface area contributed by atoms with Gasteiger partial charge in [-0.3, -0.25) is 9.59 Å². The largest absolute Gasteiger partial charge is 0.491 e. The molecule has 1 aromatic carbocycles.